The number of aliphatic hydroxyl groups is 1. The average molecular weight is 338 g/mol. The highest BCUT2D eigenvalue weighted by Crippen LogP contribution is 2.43. The maximum Gasteiger partial charge on any atom is 0.490 e. The van der Waals surface area contributed by atoms with Crippen molar-refractivity contribution in [3.05, 3.63) is 0 Å². The summed E-state index contributed by atoms with van der Waals surface area (Å²) in [5.41, 5.74) is -2.59. The summed E-state index contributed by atoms with van der Waals surface area (Å²) in [4.78, 5) is 13.3. The predicted molar refractivity (Wildman–Crippen MR) is 72.5 cm³/mol. The van der Waals surface area contributed by atoms with E-state index < -0.39 is 23.5 Å². The summed E-state index contributed by atoms with van der Waals surface area (Å²) in [6, 6.07) is -0.143. The van der Waals surface area contributed by atoms with E-state index in [1.54, 1.807) is 0 Å². The Morgan fingerprint density at radius 3 is 2.74 bits per heavy atom. The molecule has 0 aromatic heterocycles. The molecular formula is C14H21F3N2O4. The molecule has 2 N–H and O–H groups in total. The second-order valence-corrected chi connectivity index (χ2v) is 6.76. The highest BCUT2D eigenvalue weighted by atomic mass is 19.4. The zero-order valence-corrected chi connectivity index (χ0v) is 12.7. The molecule has 6 nitrogen and oxygen atoms in total. The van der Waals surface area contributed by atoms with Crippen molar-refractivity contribution in [1.29, 1.82) is 0 Å². The molecule has 0 radical (unpaired) electrons. The number of rotatable bonds is 3. The van der Waals surface area contributed by atoms with E-state index in [9.17, 15) is 23.1 Å². The van der Waals surface area contributed by atoms with Crippen LogP contribution in [0.1, 0.15) is 25.7 Å². The second kappa shape index (κ2) is 5.87. The number of ether oxygens (including phenoxy) is 2. The molecule has 3 unspecified atom stereocenters. The number of nitrogens with zero attached hydrogens (tertiary/aromatic N) is 1. The highest BCUT2D eigenvalue weighted by Gasteiger charge is 2.56. The molecule has 0 aromatic carbocycles. The van der Waals surface area contributed by atoms with Crippen LogP contribution in [0.2, 0.25) is 0 Å². The van der Waals surface area contributed by atoms with Gasteiger partial charge in [-0.25, -0.2) is 4.79 Å². The van der Waals surface area contributed by atoms with E-state index in [1.807, 2.05) is 4.90 Å². The van der Waals surface area contributed by atoms with Crippen LogP contribution >= 0.6 is 0 Å². The summed E-state index contributed by atoms with van der Waals surface area (Å²) >= 11 is 0. The number of morpholine rings is 1. The molecule has 9 heteroatoms. The van der Waals surface area contributed by atoms with Gasteiger partial charge in [0.2, 0.25) is 0 Å². The molecule has 3 aliphatic heterocycles. The van der Waals surface area contributed by atoms with Crippen molar-refractivity contribution in [2.24, 2.45) is 0 Å². The van der Waals surface area contributed by atoms with Gasteiger partial charge < -0.3 is 14.6 Å². The van der Waals surface area contributed by atoms with Gasteiger partial charge in [-0.3, -0.25) is 10.2 Å². The minimum atomic E-state index is -5.03. The maximum absolute atomic E-state index is 12.5. The van der Waals surface area contributed by atoms with E-state index in [4.69, 9.17) is 9.47 Å². The number of hydrogen-bond donors (Lipinski definition) is 2. The molecule has 3 atom stereocenters. The number of alkyl halides is 3. The zero-order valence-electron chi connectivity index (χ0n) is 12.7. The van der Waals surface area contributed by atoms with Crippen LogP contribution < -0.4 is 5.32 Å². The number of β-amino-alcohol motifs (C(OH)–C–C–N with tert-alkyl or cyclic N) is 1. The lowest BCUT2D eigenvalue weighted by Crippen LogP contribution is -2.62. The van der Waals surface area contributed by atoms with E-state index in [2.05, 4.69) is 5.32 Å². The number of piperidine rings is 1. The van der Waals surface area contributed by atoms with Crippen LogP contribution in [0.3, 0.4) is 0 Å². The van der Waals surface area contributed by atoms with Crippen molar-refractivity contribution in [2.75, 3.05) is 32.8 Å². The minimum absolute atomic E-state index is 0.0321. The fourth-order valence-electron chi connectivity index (χ4n) is 3.93. The Labute approximate surface area is 131 Å². The van der Waals surface area contributed by atoms with Gasteiger partial charge >= 0.3 is 12.1 Å². The van der Waals surface area contributed by atoms with E-state index >= 15 is 0 Å². The van der Waals surface area contributed by atoms with E-state index in [0.29, 0.717) is 45.7 Å². The summed E-state index contributed by atoms with van der Waals surface area (Å²) < 4.78 is 47.5. The largest absolute Gasteiger partial charge is 0.490 e. The zero-order chi connectivity index (χ0) is 16.7. The molecule has 0 spiro atoms. The number of nitrogens with one attached hydrogen (secondary N) is 1. The van der Waals surface area contributed by atoms with Crippen molar-refractivity contribution in [3.8, 4) is 0 Å². The normalized spacial score (nSPS) is 38.5. The summed E-state index contributed by atoms with van der Waals surface area (Å²) in [6.45, 7) is 2.85. The van der Waals surface area contributed by atoms with Crippen LogP contribution in [0.5, 0.6) is 0 Å². The van der Waals surface area contributed by atoms with Crippen molar-refractivity contribution >= 4 is 5.97 Å². The molecule has 0 aliphatic carbocycles. The van der Waals surface area contributed by atoms with Gasteiger partial charge in [-0.1, -0.05) is 0 Å². The van der Waals surface area contributed by atoms with Crippen LogP contribution in [-0.4, -0.2) is 72.4 Å². The van der Waals surface area contributed by atoms with Gasteiger partial charge in [0.25, 0.3) is 0 Å². The third-order valence-corrected chi connectivity index (χ3v) is 4.75. The van der Waals surface area contributed by atoms with Crippen LogP contribution in [0, 0.1) is 0 Å². The lowest BCUT2D eigenvalue weighted by molar-refractivity contribution is -0.224. The number of carbonyl (C=O) groups excluding carboxylic acids is 1. The summed E-state index contributed by atoms with van der Waals surface area (Å²) in [7, 11) is 0. The number of halogens is 3. The summed E-state index contributed by atoms with van der Waals surface area (Å²) in [5.74, 6) is -2.21. The Balaban J connectivity index is 1.69. The summed E-state index contributed by atoms with van der Waals surface area (Å²) in [5, 5.41) is 13.8. The highest BCUT2D eigenvalue weighted by molar-refractivity contribution is 5.76. The second-order valence-electron chi connectivity index (χ2n) is 6.76. The molecule has 3 fully saturated rings. The van der Waals surface area contributed by atoms with Gasteiger partial charge in [-0.05, 0) is 12.8 Å². The Morgan fingerprint density at radius 1 is 1.39 bits per heavy atom. The molecule has 132 valence electrons. The van der Waals surface area contributed by atoms with Crippen molar-refractivity contribution in [2.45, 2.75) is 49.2 Å². The fraction of sp³-hybridized carbons (Fsp3) is 0.929. The third-order valence-electron chi connectivity index (χ3n) is 4.75. The predicted octanol–water partition coefficient (Wildman–Crippen LogP) is 0.397. The Hall–Kier alpha value is -0.900. The molecule has 0 saturated carbocycles. The monoisotopic (exact) mass is 338 g/mol. The molecule has 3 aliphatic rings. The molecule has 0 aromatic rings. The van der Waals surface area contributed by atoms with Gasteiger partial charge in [-0.2, -0.15) is 13.2 Å². The molecule has 3 rings (SSSR count). The lowest BCUT2D eigenvalue weighted by Gasteiger charge is -2.45. The topological polar surface area (TPSA) is 71.0 Å². The summed E-state index contributed by atoms with van der Waals surface area (Å²) in [6.07, 6.45) is -3.76. The first-order valence-electron chi connectivity index (χ1n) is 7.80. The molecule has 3 saturated heterocycles. The smallest absolute Gasteiger partial charge is 0.437 e. The standard InChI is InChI=1S/C14H21F3N2O4/c15-14(16,17)11(20)23-13-2-1-10(18-13)7-12(21,8-13)9-19-3-5-22-6-4-19/h10,18,21H,1-9H2. The maximum atomic E-state index is 12.5. The molecule has 0 amide bonds. The molecule has 3 heterocycles. The third kappa shape index (κ3) is 3.78. The fourth-order valence-corrected chi connectivity index (χ4v) is 3.93. The van der Waals surface area contributed by atoms with E-state index in [1.165, 1.54) is 0 Å². The van der Waals surface area contributed by atoms with Crippen molar-refractivity contribution < 1.29 is 32.5 Å². The van der Waals surface area contributed by atoms with Gasteiger partial charge in [-0.15, -0.1) is 0 Å². The average Bonchev–Trinajstić information content (AvgIpc) is 2.74. The Bertz CT molecular complexity index is 469. The number of carbonyl (C=O) groups is 1. The van der Waals surface area contributed by atoms with Crippen LogP contribution in [0.25, 0.3) is 0 Å². The first kappa shape index (κ1) is 16.9. The van der Waals surface area contributed by atoms with Gasteiger partial charge in [0.1, 0.15) is 0 Å². The number of hydrogen-bond acceptors (Lipinski definition) is 6. The van der Waals surface area contributed by atoms with Crippen LogP contribution in [-0.2, 0) is 14.3 Å². The SMILES string of the molecule is O=C(OC12CCC(CC(O)(CN3CCOCC3)C1)N2)C(F)(F)F. The number of esters is 1. The first-order valence-corrected chi connectivity index (χ1v) is 7.80. The molecule has 2 bridgehead atoms. The Morgan fingerprint density at radius 2 is 2.09 bits per heavy atom. The molecular weight excluding hydrogens is 317 g/mol. The van der Waals surface area contributed by atoms with E-state index in [0.717, 1.165) is 0 Å². The van der Waals surface area contributed by atoms with Gasteiger partial charge in [0, 0.05) is 38.5 Å². The quantitative estimate of drug-likeness (QED) is 0.726. The number of fused-ring (bicyclic) bond motifs is 2. The molecule has 23 heavy (non-hydrogen) atoms. The van der Waals surface area contributed by atoms with Crippen LogP contribution in [0.4, 0.5) is 13.2 Å². The first-order chi connectivity index (χ1) is 10.7. The Kier molecular flexibility index (Phi) is 4.33. The lowest BCUT2D eigenvalue weighted by atomic mass is 9.85. The minimum Gasteiger partial charge on any atom is -0.437 e. The van der Waals surface area contributed by atoms with Gasteiger partial charge in [0.15, 0.2) is 5.72 Å². The van der Waals surface area contributed by atoms with Crippen molar-refractivity contribution in [3.63, 3.8) is 0 Å². The van der Waals surface area contributed by atoms with Crippen LogP contribution in [0.15, 0.2) is 0 Å². The van der Waals surface area contributed by atoms with Gasteiger partial charge in [0.05, 0.1) is 18.8 Å². The van der Waals surface area contributed by atoms with Crippen molar-refractivity contribution in [1.82, 2.24) is 10.2 Å². The van der Waals surface area contributed by atoms with E-state index in [-0.39, 0.29) is 18.9 Å².